The zero-order valence-corrected chi connectivity index (χ0v) is 12.5. The largest absolute Gasteiger partial charge is 0.444 e. The van der Waals surface area contributed by atoms with E-state index in [2.05, 4.69) is 10.3 Å². The van der Waals surface area contributed by atoms with Gasteiger partial charge in [0.2, 0.25) is 11.8 Å². The van der Waals surface area contributed by atoms with E-state index in [9.17, 15) is 19.3 Å². The van der Waals surface area contributed by atoms with E-state index in [1.165, 1.54) is 12.1 Å². The summed E-state index contributed by atoms with van der Waals surface area (Å²) in [6.07, 6.45) is 2.38. The minimum absolute atomic E-state index is 0.101. The van der Waals surface area contributed by atoms with E-state index < -0.39 is 22.3 Å². The van der Waals surface area contributed by atoms with Crippen molar-refractivity contribution in [3.63, 3.8) is 0 Å². The van der Waals surface area contributed by atoms with Crippen LogP contribution in [0.2, 0.25) is 0 Å². The molecule has 1 aromatic carbocycles. The van der Waals surface area contributed by atoms with Crippen molar-refractivity contribution < 1.29 is 18.5 Å². The number of aromatic nitrogens is 1. The predicted octanol–water partition coefficient (Wildman–Crippen LogP) is 2.67. The van der Waals surface area contributed by atoms with Crippen LogP contribution in [0.5, 0.6) is 0 Å². The van der Waals surface area contributed by atoms with Crippen LogP contribution < -0.4 is 5.32 Å². The van der Waals surface area contributed by atoms with Crippen LogP contribution >= 0.6 is 0 Å². The van der Waals surface area contributed by atoms with Gasteiger partial charge in [-0.15, -0.1) is 0 Å². The highest BCUT2D eigenvalue weighted by molar-refractivity contribution is 5.92. The molecule has 2 aromatic rings. The first-order chi connectivity index (χ1) is 10.9. The first-order valence-electron chi connectivity index (χ1n) is 6.69. The highest BCUT2D eigenvalue weighted by Gasteiger charge is 2.13. The fourth-order valence-corrected chi connectivity index (χ4v) is 1.82. The van der Waals surface area contributed by atoms with Crippen molar-refractivity contribution in [3.8, 4) is 0 Å². The van der Waals surface area contributed by atoms with E-state index in [0.29, 0.717) is 11.7 Å². The third-order valence-corrected chi connectivity index (χ3v) is 3.09. The summed E-state index contributed by atoms with van der Waals surface area (Å²) < 4.78 is 18.3. The van der Waals surface area contributed by atoms with Gasteiger partial charge in [-0.25, -0.2) is 9.37 Å². The number of nitrogens with zero attached hydrogens (tertiary/aromatic N) is 2. The minimum atomic E-state index is -0.715. The maximum absolute atomic E-state index is 13.0. The van der Waals surface area contributed by atoms with Gasteiger partial charge in [0.25, 0.3) is 5.69 Å². The van der Waals surface area contributed by atoms with Gasteiger partial charge < -0.3 is 9.73 Å². The average Bonchev–Trinajstić information content (AvgIpc) is 2.82. The van der Waals surface area contributed by atoms with E-state index in [-0.39, 0.29) is 12.1 Å². The molecule has 0 fully saturated rings. The second-order valence-corrected chi connectivity index (χ2v) is 4.76. The van der Waals surface area contributed by atoms with Crippen molar-refractivity contribution in [2.45, 2.75) is 20.4 Å². The highest BCUT2D eigenvalue weighted by Crippen LogP contribution is 2.20. The summed E-state index contributed by atoms with van der Waals surface area (Å²) in [6, 6.07) is 3.12. The molecule has 1 amide bonds. The van der Waals surface area contributed by atoms with Gasteiger partial charge in [0.15, 0.2) is 0 Å². The number of nitro groups is 1. The second-order valence-electron chi connectivity index (χ2n) is 4.76. The summed E-state index contributed by atoms with van der Waals surface area (Å²) in [5, 5.41) is 13.4. The lowest BCUT2D eigenvalue weighted by Gasteiger charge is -1.99. The van der Waals surface area contributed by atoms with E-state index in [0.717, 1.165) is 23.9 Å². The molecule has 7 nitrogen and oxygen atoms in total. The van der Waals surface area contributed by atoms with Crippen LogP contribution in [0.1, 0.15) is 22.9 Å². The Bertz CT molecular complexity index is 764. The number of amides is 1. The molecule has 0 aliphatic rings. The van der Waals surface area contributed by atoms with Crippen LogP contribution in [0.4, 0.5) is 10.1 Å². The molecule has 0 aliphatic carbocycles. The maximum atomic E-state index is 13.0. The van der Waals surface area contributed by atoms with Crippen LogP contribution in [0.25, 0.3) is 6.08 Å². The molecule has 1 aromatic heterocycles. The van der Waals surface area contributed by atoms with Gasteiger partial charge in [0.1, 0.15) is 11.6 Å². The third-order valence-electron chi connectivity index (χ3n) is 3.09. The quantitative estimate of drug-likeness (QED) is 0.519. The lowest BCUT2D eigenvalue weighted by Crippen LogP contribution is -2.20. The number of nitrogens with one attached hydrogen (secondary N) is 1. The zero-order valence-electron chi connectivity index (χ0n) is 12.5. The summed E-state index contributed by atoms with van der Waals surface area (Å²) >= 11 is 0. The molecule has 0 bridgehead atoms. The van der Waals surface area contributed by atoms with Crippen LogP contribution in [-0.4, -0.2) is 15.8 Å². The molecule has 0 atom stereocenters. The van der Waals surface area contributed by atoms with Crippen molar-refractivity contribution in [1.82, 2.24) is 10.3 Å². The van der Waals surface area contributed by atoms with Gasteiger partial charge in [0, 0.05) is 6.08 Å². The molecule has 0 spiro atoms. The minimum Gasteiger partial charge on any atom is -0.444 e. The second kappa shape index (κ2) is 6.82. The van der Waals surface area contributed by atoms with Gasteiger partial charge in [-0.3, -0.25) is 14.9 Å². The topological polar surface area (TPSA) is 98.3 Å². The normalized spacial score (nSPS) is 10.9. The first kappa shape index (κ1) is 16.3. The van der Waals surface area contributed by atoms with Gasteiger partial charge in [-0.1, -0.05) is 0 Å². The van der Waals surface area contributed by atoms with Gasteiger partial charge >= 0.3 is 0 Å². The molecule has 1 heterocycles. The van der Waals surface area contributed by atoms with E-state index in [4.69, 9.17) is 4.42 Å². The third kappa shape index (κ3) is 4.22. The molecule has 1 N–H and O–H groups in total. The molecule has 120 valence electrons. The Kier molecular flexibility index (Phi) is 4.85. The molecular formula is C15H14FN3O4. The fraction of sp³-hybridized carbons (Fsp3) is 0.200. The number of carbonyl (C=O) groups is 1. The molecule has 0 aliphatic heterocycles. The molecule has 0 radical (unpaired) electrons. The smallest absolute Gasteiger partial charge is 0.279 e. The van der Waals surface area contributed by atoms with Crippen molar-refractivity contribution in [2.75, 3.05) is 0 Å². The molecule has 2 rings (SSSR count). The predicted molar refractivity (Wildman–Crippen MR) is 79.9 cm³/mol. The molecule has 0 unspecified atom stereocenters. The number of aryl methyl sites for hydroxylation is 2. The Morgan fingerprint density at radius 2 is 2.22 bits per heavy atom. The number of oxazole rings is 1. The van der Waals surface area contributed by atoms with E-state index in [1.54, 1.807) is 13.8 Å². The SMILES string of the molecule is Cc1nc(CNC(=O)C=Cc2ccc(F)cc2[N+](=O)[O-])oc1C. The summed E-state index contributed by atoms with van der Waals surface area (Å²) in [7, 11) is 0. The van der Waals surface area contributed by atoms with Crippen molar-refractivity contribution in [3.05, 3.63) is 63.1 Å². The van der Waals surface area contributed by atoms with Crippen LogP contribution in [0, 0.1) is 29.8 Å². The van der Waals surface area contributed by atoms with Gasteiger partial charge in [-0.05, 0) is 32.1 Å². The van der Waals surface area contributed by atoms with Crippen molar-refractivity contribution >= 4 is 17.7 Å². The monoisotopic (exact) mass is 319 g/mol. The van der Waals surface area contributed by atoms with Crippen molar-refractivity contribution in [2.24, 2.45) is 0 Å². The summed E-state index contributed by atoms with van der Waals surface area (Å²) in [5.41, 5.74) is 0.467. The molecular weight excluding hydrogens is 305 g/mol. The number of benzene rings is 1. The van der Waals surface area contributed by atoms with E-state index >= 15 is 0 Å². The summed E-state index contributed by atoms with van der Waals surface area (Å²) in [5.74, 6) is -0.147. The van der Waals surface area contributed by atoms with Crippen LogP contribution in [0.3, 0.4) is 0 Å². The number of nitro benzene ring substituents is 1. The molecule has 8 heteroatoms. The zero-order chi connectivity index (χ0) is 17.0. The number of hydrogen-bond donors (Lipinski definition) is 1. The van der Waals surface area contributed by atoms with E-state index in [1.807, 2.05) is 0 Å². The summed E-state index contributed by atoms with van der Waals surface area (Å²) in [4.78, 5) is 26.0. The van der Waals surface area contributed by atoms with Gasteiger partial charge in [0.05, 0.1) is 28.8 Å². The maximum Gasteiger partial charge on any atom is 0.279 e. The Morgan fingerprint density at radius 1 is 1.48 bits per heavy atom. The molecule has 0 saturated carbocycles. The Morgan fingerprint density at radius 3 is 2.83 bits per heavy atom. The standard InChI is InChI=1S/C15H14FN3O4/c1-9-10(2)23-15(18-9)8-17-14(20)6-4-11-3-5-12(16)7-13(11)19(21)22/h3-7H,8H2,1-2H3,(H,17,20). The number of rotatable bonds is 5. The van der Waals surface area contributed by atoms with Crippen LogP contribution in [0.15, 0.2) is 28.7 Å². The van der Waals surface area contributed by atoms with Crippen molar-refractivity contribution in [1.29, 1.82) is 0 Å². The number of hydrogen-bond acceptors (Lipinski definition) is 5. The summed E-state index contributed by atoms with van der Waals surface area (Å²) in [6.45, 7) is 3.66. The fourth-order valence-electron chi connectivity index (χ4n) is 1.82. The Hall–Kier alpha value is -3.03. The van der Waals surface area contributed by atoms with Crippen LogP contribution in [-0.2, 0) is 11.3 Å². The lowest BCUT2D eigenvalue weighted by atomic mass is 10.1. The van der Waals surface area contributed by atoms with Gasteiger partial charge in [-0.2, -0.15) is 0 Å². The number of halogens is 1. The average molecular weight is 319 g/mol. The Labute approximate surface area is 131 Å². The Balaban J connectivity index is 2.02. The first-order valence-corrected chi connectivity index (χ1v) is 6.69. The molecule has 23 heavy (non-hydrogen) atoms. The molecule has 0 saturated heterocycles. The lowest BCUT2D eigenvalue weighted by molar-refractivity contribution is -0.385. The highest BCUT2D eigenvalue weighted by atomic mass is 19.1. The number of carbonyl (C=O) groups excluding carboxylic acids is 1.